The molecule has 1 N–H and O–H groups in total. The second-order valence-electron chi connectivity index (χ2n) is 7.16. The van der Waals surface area contributed by atoms with Gasteiger partial charge in [-0.15, -0.1) is 11.3 Å². The Hall–Kier alpha value is -2.12. The number of carbonyl (C=O) groups is 1. The summed E-state index contributed by atoms with van der Waals surface area (Å²) in [5, 5.41) is 13.1. The molecule has 27 heavy (non-hydrogen) atoms. The number of carbonyl (C=O) groups excluding carboxylic acids is 1. The number of fused-ring (bicyclic) bond motifs is 1. The van der Waals surface area contributed by atoms with Crippen LogP contribution in [-0.2, 0) is 0 Å². The van der Waals surface area contributed by atoms with Crippen LogP contribution in [-0.4, -0.2) is 52.8 Å². The van der Waals surface area contributed by atoms with Crippen LogP contribution in [0.4, 0.5) is 0 Å². The fraction of sp³-hybridized carbons (Fsp3) is 0.500. The highest BCUT2D eigenvalue weighted by atomic mass is 32.1. The summed E-state index contributed by atoms with van der Waals surface area (Å²) in [5.41, 5.74) is 0.759. The number of benzene rings is 1. The average Bonchev–Trinajstić information content (AvgIpc) is 3.18. The summed E-state index contributed by atoms with van der Waals surface area (Å²) in [6.07, 6.45) is 3.01. The molecule has 0 radical (unpaired) electrons. The maximum absolute atomic E-state index is 12.8. The molecule has 6 nitrogen and oxygen atoms in total. The number of hydrogen-bond acceptors (Lipinski definition) is 6. The molecule has 1 fully saturated rings. The Labute approximate surface area is 162 Å². The van der Waals surface area contributed by atoms with E-state index < -0.39 is 5.60 Å². The van der Waals surface area contributed by atoms with E-state index in [4.69, 9.17) is 9.47 Å². The van der Waals surface area contributed by atoms with Crippen LogP contribution in [0.15, 0.2) is 23.6 Å². The number of thiazole rings is 1. The van der Waals surface area contributed by atoms with Gasteiger partial charge in [-0.05, 0) is 37.5 Å². The normalized spacial score (nSPS) is 18.4. The molecule has 7 heteroatoms. The van der Waals surface area contributed by atoms with Crippen molar-refractivity contribution in [3.63, 3.8) is 0 Å². The van der Waals surface area contributed by atoms with Gasteiger partial charge >= 0.3 is 0 Å². The van der Waals surface area contributed by atoms with E-state index >= 15 is 0 Å². The molecular formula is C20H24N2O4S. The smallest absolute Gasteiger partial charge is 0.273 e. The SMILES string of the molecule is CCCC1(O)CCN(C(=O)c2csc(-c3ccc4c(c3)OCCO4)n2)CC1. The van der Waals surface area contributed by atoms with Crippen molar-refractivity contribution < 1.29 is 19.4 Å². The average molecular weight is 388 g/mol. The highest BCUT2D eigenvalue weighted by molar-refractivity contribution is 7.13. The molecule has 0 spiro atoms. The van der Waals surface area contributed by atoms with Gasteiger partial charge in [-0.3, -0.25) is 4.79 Å². The number of amides is 1. The Morgan fingerprint density at radius 3 is 2.74 bits per heavy atom. The van der Waals surface area contributed by atoms with Gasteiger partial charge < -0.3 is 19.5 Å². The Bertz CT molecular complexity index is 827. The summed E-state index contributed by atoms with van der Waals surface area (Å²) in [5.74, 6) is 1.40. The molecule has 144 valence electrons. The van der Waals surface area contributed by atoms with E-state index in [-0.39, 0.29) is 5.91 Å². The number of aromatic nitrogens is 1. The Morgan fingerprint density at radius 2 is 2.00 bits per heavy atom. The van der Waals surface area contributed by atoms with Crippen LogP contribution in [0.5, 0.6) is 11.5 Å². The van der Waals surface area contributed by atoms with Gasteiger partial charge in [0.05, 0.1) is 5.60 Å². The van der Waals surface area contributed by atoms with Crippen molar-refractivity contribution in [2.24, 2.45) is 0 Å². The summed E-state index contributed by atoms with van der Waals surface area (Å²) < 4.78 is 11.2. The first-order chi connectivity index (χ1) is 13.1. The van der Waals surface area contributed by atoms with E-state index in [9.17, 15) is 9.90 Å². The predicted octanol–water partition coefficient (Wildman–Crippen LogP) is 3.35. The van der Waals surface area contributed by atoms with E-state index in [0.29, 0.717) is 50.6 Å². The zero-order chi connectivity index (χ0) is 18.9. The number of piperidine rings is 1. The van der Waals surface area contributed by atoms with Gasteiger partial charge in [-0.25, -0.2) is 4.98 Å². The standard InChI is InChI=1S/C20H24N2O4S/c1-2-5-20(24)6-8-22(9-7-20)19(23)15-13-27-18(21-15)14-3-4-16-17(12-14)26-11-10-25-16/h3-4,12-13,24H,2,5-11H2,1H3. The number of hydrogen-bond donors (Lipinski definition) is 1. The molecule has 4 rings (SSSR count). The lowest BCUT2D eigenvalue weighted by atomic mass is 9.87. The highest BCUT2D eigenvalue weighted by Gasteiger charge is 2.33. The first kappa shape index (κ1) is 18.3. The topological polar surface area (TPSA) is 71.9 Å². The highest BCUT2D eigenvalue weighted by Crippen LogP contribution is 2.36. The summed E-state index contributed by atoms with van der Waals surface area (Å²) in [6.45, 7) is 4.32. The molecular weight excluding hydrogens is 364 g/mol. The molecule has 2 aliphatic heterocycles. The fourth-order valence-corrected chi connectivity index (χ4v) is 4.48. The van der Waals surface area contributed by atoms with Crippen molar-refractivity contribution in [1.29, 1.82) is 0 Å². The van der Waals surface area contributed by atoms with Crippen molar-refractivity contribution in [1.82, 2.24) is 9.88 Å². The zero-order valence-corrected chi connectivity index (χ0v) is 16.3. The van der Waals surface area contributed by atoms with Crippen molar-refractivity contribution in [2.45, 2.75) is 38.2 Å². The van der Waals surface area contributed by atoms with Crippen LogP contribution in [0.1, 0.15) is 43.1 Å². The molecule has 1 aromatic heterocycles. The van der Waals surface area contributed by atoms with E-state index in [2.05, 4.69) is 11.9 Å². The van der Waals surface area contributed by atoms with Crippen LogP contribution in [0.25, 0.3) is 10.6 Å². The number of nitrogens with zero attached hydrogens (tertiary/aromatic N) is 2. The summed E-state index contributed by atoms with van der Waals surface area (Å²) in [4.78, 5) is 19.1. The van der Waals surface area contributed by atoms with Gasteiger partial charge in [-0.2, -0.15) is 0 Å². The van der Waals surface area contributed by atoms with Crippen molar-refractivity contribution in [2.75, 3.05) is 26.3 Å². The molecule has 1 saturated heterocycles. The monoisotopic (exact) mass is 388 g/mol. The lowest BCUT2D eigenvalue weighted by Gasteiger charge is -2.37. The Kier molecular flexibility index (Phi) is 5.06. The molecule has 2 aromatic rings. The molecule has 2 aliphatic rings. The summed E-state index contributed by atoms with van der Waals surface area (Å²) in [6, 6.07) is 5.73. The minimum absolute atomic E-state index is 0.0615. The maximum Gasteiger partial charge on any atom is 0.273 e. The van der Waals surface area contributed by atoms with Crippen LogP contribution in [0, 0.1) is 0 Å². The summed E-state index contributed by atoms with van der Waals surface area (Å²) >= 11 is 1.45. The third kappa shape index (κ3) is 3.80. The fourth-order valence-electron chi connectivity index (χ4n) is 3.68. The van der Waals surface area contributed by atoms with Crippen LogP contribution < -0.4 is 9.47 Å². The molecule has 0 unspecified atom stereocenters. The molecule has 3 heterocycles. The molecule has 1 aromatic carbocycles. The Balaban J connectivity index is 1.46. The number of ether oxygens (including phenoxy) is 2. The lowest BCUT2D eigenvalue weighted by Crippen LogP contribution is -2.46. The van der Waals surface area contributed by atoms with Gasteiger partial charge in [0, 0.05) is 24.0 Å². The van der Waals surface area contributed by atoms with Crippen LogP contribution in [0.2, 0.25) is 0 Å². The van der Waals surface area contributed by atoms with Crippen molar-refractivity contribution >= 4 is 17.2 Å². The van der Waals surface area contributed by atoms with E-state index in [1.807, 2.05) is 18.2 Å². The molecule has 0 aliphatic carbocycles. The van der Waals surface area contributed by atoms with Crippen molar-refractivity contribution in [3.8, 4) is 22.1 Å². The summed E-state index contributed by atoms with van der Waals surface area (Å²) in [7, 11) is 0. The number of rotatable bonds is 4. The number of likely N-dealkylation sites (tertiary alicyclic amines) is 1. The van der Waals surface area contributed by atoms with Crippen LogP contribution >= 0.6 is 11.3 Å². The third-order valence-electron chi connectivity index (χ3n) is 5.21. The van der Waals surface area contributed by atoms with E-state index in [0.717, 1.165) is 29.2 Å². The third-order valence-corrected chi connectivity index (χ3v) is 6.10. The first-order valence-corrected chi connectivity index (χ1v) is 10.3. The molecule has 1 amide bonds. The lowest BCUT2D eigenvalue weighted by molar-refractivity contribution is -0.0234. The van der Waals surface area contributed by atoms with E-state index in [1.165, 1.54) is 11.3 Å². The Morgan fingerprint density at radius 1 is 1.26 bits per heavy atom. The molecule has 0 saturated carbocycles. The van der Waals surface area contributed by atoms with Gasteiger partial charge in [0.1, 0.15) is 23.9 Å². The maximum atomic E-state index is 12.8. The molecule has 0 atom stereocenters. The van der Waals surface area contributed by atoms with Gasteiger partial charge in [0.2, 0.25) is 0 Å². The van der Waals surface area contributed by atoms with Gasteiger partial charge in [-0.1, -0.05) is 13.3 Å². The van der Waals surface area contributed by atoms with Gasteiger partial charge in [0.15, 0.2) is 11.5 Å². The predicted molar refractivity (Wildman–Crippen MR) is 104 cm³/mol. The minimum atomic E-state index is -0.621. The van der Waals surface area contributed by atoms with Crippen LogP contribution in [0.3, 0.4) is 0 Å². The van der Waals surface area contributed by atoms with Gasteiger partial charge in [0.25, 0.3) is 5.91 Å². The second-order valence-corrected chi connectivity index (χ2v) is 8.02. The largest absolute Gasteiger partial charge is 0.486 e. The van der Waals surface area contributed by atoms with Crippen molar-refractivity contribution in [3.05, 3.63) is 29.3 Å². The second kappa shape index (κ2) is 7.48. The molecule has 0 bridgehead atoms. The minimum Gasteiger partial charge on any atom is -0.486 e. The quantitative estimate of drug-likeness (QED) is 0.870. The first-order valence-electron chi connectivity index (χ1n) is 9.45. The number of aliphatic hydroxyl groups is 1. The zero-order valence-electron chi connectivity index (χ0n) is 15.4. The van der Waals surface area contributed by atoms with E-state index in [1.54, 1.807) is 10.3 Å².